The molecule has 0 spiro atoms. The standard InChI is InChI=1S/C22H27BrN4O3S/c1-25-7-9-26(10-8-25)21(28)11-16-14-27(22(29)20-13-24-15-31-20)6-5-19(16)30-18-4-2-3-17(23)12-18/h2-4,12-13,15-16,19H,5-11,14H2,1H3/t16-,19-/m0/s1. The van der Waals surface area contributed by atoms with Crippen molar-refractivity contribution in [2.24, 2.45) is 5.92 Å². The topological polar surface area (TPSA) is 66.0 Å². The Hall–Kier alpha value is -1.97. The summed E-state index contributed by atoms with van der Waals surface area (Å²) < 4.78 is 7.27. The highest BCUT2D eigenvalue weighted by atomic mass is 79.9. The van der Waals surface area contributed by atoms with Crippen LogP contribution >= 0.6 is 27.3 Å². The number of thiazole rings is 1. The summed E-state index contributed by atoms with van der Waals surface area (Å²) in [6.07, 6.45) is 2.57. The quantitative estimate of drug-likeness (QED) is 0.623. The SMILES string of the molecule is CN1CCN(C(=O)C[C@H]2CN(C(=O)c3cncs3)CC[C@@H]2Oc2cccc(Br)c2)CC1. The number of likely N-dealkylation sites (N-methyl/N-ethyl adjacent to an activating group) is 1. The van der Waals surface area contributed by atoms with E-state index in [2.05, 4.69) is 32.9 Å². The number of piperazine rings is 1. The van der Waals surface area contributed by atoms with E-state index in [-0.39, 0.29) is 23.8 Å². The highest BCUT2D eigenvalue weighted by Crippen LogP contribution is 2.29. The van der Waals surface area contributed by atoms with Gasteiger partial charge in [-0.25, -0.2) is 0 Å². The molecule has 7 nitrogen and oxygen atoms in total. The predicted molar refractivity (Wildman–Crippen MR) is 123 cm³/mol. The number of piperidine rings is 1. The fourth-order valence-electron chi connectivity index (χ4n) is 4.15. The van der Waals surface area contributed by atoms with Crippen LogP contribution in [0.25, 0.3) is 0 Å². The van der Waals surface area contributed by atoms with E-state index >= 15 is 0 Å². The molecule has 2 atom stereocenters. The van der Waals surface area contributed by atoms with E-state index in [0.717, 1.165) is 36.4 Å². The third kappa shape index (κ3) is 5.64. The third-order valence-corrected chi connectivity index (χ3v) is 7.23. The number of hydrogen-bond donors (Lipinski definition) is 0. The maximum absolute atomic E-state index is 13.1. The molecule has 0 unspecified atom stereocenters. The first kappa shape index (κ1) is 22.2. The number of carbonyl (C=O) groups is 2. The lowest BCUT2D eigenvalue weighted by atomic mass is 9.90. The smallest absolute Gasteiger partial charge is 0.265 e. The number of amides is 2. The van der Waals surface area contributed by atoms with Crippen LogP contribution in [0.3, 0.4) is 0 Å². The number of aromatic nitrogens is 1. The van der Waals surface area contributed by atoms with Crippen molar-refractivity contribution in [1.82, 2.24) is 19.7 Å². The Kier molecular flexibility index (Phi) is 7.24. The average Bonchev–Trinajstić information content (AvgIpc) is 3.30. The summed E-state index contributed by atoms with van der Waals surface area (Å²) in [6, 6.07) is 7.76. The Bertz CT molecular complexity index is 902. The van der Waals surface area contributed by atoms with E-state index < -0.39 is 0 Å². The Balaban J connectivity index is 1.47. The van der Waals surface area contributed by atoms with E-state index in [1.165, 1.54) is 11.3 Å². The van der Waals surface area contributed by atoms with E-state index in [9.17, 15) is 9.59 Å². The van der Waals surface area contributed by atoms with Gasteiger partial charge in [0.05, 0.1) is 11.7 Å². The molecular formula is C22H27BrN4O3S. The summed E-state index contributed by atoms with van der Waals surface area (Å²) in [4.78, 5) is 36.6. The molecule has 1 aromatic carbocycles. The largest absolute Gasteiger partial charge is 0.490 e. The van der Waals surface area contributed by atoms with Gasteiger partial charge in [0, 0.05) is 62.5 Å². The van der Waals surface area contributed by atoms with E-state index in [1.807, 2.05) is 34.1 Å². The minimum Gasteiger partial charge on any atom is -0.490 e. The van der Waals surface area contributed by atoms with Crippen molar-refractivity contribution in [1.29, 1.82) is 0 Å². The summed E-state index contributed by atoms with van der Waals surface area (Å²) in [7, 11) is 2.08. The number of benzene rings is 1. The van der Waals surface area contributed by atoms with Gasteiger partial charge in [0.2, 0.25) is 5.91 Å². The van der Waals surface area contributed by atoms with E-state index in [4.69, 9.17) is 4.74 Å². The molecule has 2 aliphatic rings. The van der Waals surface area contributed by atoms with Gasteiger partial charge >= 0.3 is 0 Å². The van der Waals surface area contributed by atoms with Crippen LogP contribution in [0.1, 0.15) is 22.5 Å². The van der Waals surface area contributed by atoms with Crippen molar-refractivity contribution in [2.75, 3.05) is 46.3 Å². The van der Waals surface area contributed by atoms with E-state index in [1.54, 1.807) is 11.7 Å². The lowest BCUT2D eigenvalue weighted by Gasteiger charge is -2.39. The maximum atomic E-state index is 13.1. The molecular weight excluding hydrogens is 480 g/mol. The maximum Gasteiger partial charge on any atom is 0.265 e. The zero-order valence-corrected chi connectivity index (χ0v) is 20.0. The average molecular weight is 507 g/mol. The number of ether oxygens (including phenoxy) is 1. The Morgan fingerprint density at radius 1 is 1.19 bits per heavy atom. The number of halogens is 1. The highest BCUT2D eigenvalue weighted by Gasteiger charge is 2.36. The second-order valence-corrected chi connectivity index (χ2v) is 9.97. The van der Waals surface area contributed by atoms with Crippen LogP contribution < -0.4 is 4.74 Å². The van der Waals surface area contributed by atoms with Crippen LogP contribution in [-0.4, -0.2) is 83.9 Å². The summed E-state index contributed by atoms with van der Waals surface area (Å²) in [5, 5.41) is 0. The van der Waals surface area contributed by atoms with Crippen molar-refractivity contribution < 1.29 is 14.3 Å². The first-order valence-electron chi connectivity index (χ1n) is 10.6. The minimum atomic E-state index is -0.115. The van der Waals surface area contributed by atoms with Gasteiger partial charge in [-0.3, -0.25) is 14.6 Å². The Morgan fingerprint density at radius 3 is 2.71 bits per heavy atom. The summed E-state index contributed by atoms with van der Waals surface area (Å²) >= 11 is 4.84. The molecule has 2 aromatic rings. The number of carbonyl (C=O) groups excluding carboxylic acids is 2. The first-order chi connectivity index (χ1) is 15.0. The predicted octanol–water partition coefficient (Wildman–Crippen LogP) is 2.98. The molecule has 0 N–H and O–H groups in total. The molecule has 2 fully saturated rings. The van der Waals surface area contributed by atoms with Gasteiger partial charge in [0.25, 0.3) is 5.91 Å². The lowest BCUT2D eigenvalue weighted by molar-refractivity contribution is -0.135. The van der Waals surface area contributed by atoms with Gasteiger partial charge in [0.15, 0.2) is 0 Å². The number of nitrogens with zero attached hydrogens (tertiary/aromatic N) is 4. The van der Waals surface area contributed by atoms with Crippen molar-refractivity contribution in [3.05, 3.63) is 45.3 Å². The second kappa shape index (κ2) is 10.1. The number of hydrogen-bond acceptors (Lipinski definition) is 6. The Labute approximate surface area is 195 Å². The van der Waals surface area contributed by atoms with Gasteiger partial charge in [0.1, 0.15) is 16.7 Å². The highest BCUT2D eigenvalue weighted by molar-refractivity contribution is 9.10. The Morgan fingerprint density at radius 2 is 2.00 bits per heavy atom. The fraction of sp³-hybridized carbons (Fsp3) is 0.500. The van der Waals surface area contributed by atoms with Gasteiger partial charge in [-0.05, 0) is 25.2 Å². The van der Waals surface area contributed by atoms with Crippen LogP contribution in [0, 0.1) is 5.92 Å². The first-order valence-corrected chi connectivity index (χ1v) is 12.2. The molecule has 0 aliphatic carbocycles. The number of likely N-dealkylation sites (tertiary alicyclic amines) is 1. The normalized spacial score (nSPS) is 22.4. The van der Waals surface area contributed by atoms with E-state index in [0.29, 0.717) is 30.8 Å². The molecule has 0 radical (unpaired) electrons. The number of rotatable bonds is 5. The molecule has 166 valence electrons. The van der Waals surface area contributed by atoms with Crippen molar-refractivity contribution in [3.8, 4) is 5.75 Å². The third-order valence-electron chi connectivity index (χ3n) is 5.97. The van der Waals surface area contributed by atoms with Gasteiger partial charge < -0.3 is 19.4 Å². The molecule has 2 aliphatic heterocycles. The molecule has 3 heterocycles. The zero-order valence-electron chi connectivity index (χ0n) is 17.6. The molecule has 4 rings (SSSR count). The lowest BCUT2D eigenvalue weighted by Crippen LogP contribution is -2.51. The van der Waals surface area contributed by atoms with Crippen LogP contribution in [0.15, 0.2) is 40.4 Å². The molecule has 0 bridgehead atoms. The van der Waals surface area contributed by atoms with Crippen LogP contribution in [0.5, 0.6) is 5.75 Å². The van der Waals surface area contributed by atoms with Crippen molar-refractivity contribution in [3.63, 3.8) is 0 Å². The van der Waals surface area contributed by atoms with Gasteiger partial charge in [-0.15, -0.1) is 11.3 Å². The second-order valence-electron chi connectivity index (χ2n) is 8.17. The van der Waals surface area contributed by atoms with Gasteiger partial charge in [-0.1, -0.05) is 22.0 Å². The molecule has 9 heteroatoms. The zero-order chi connectivity index (χ0) is 21.8. The molecule has 0 saturated carbocycles. The summed E-state index contributed by atoms with van der Waals surface area (Å²) in [6.45, 7) is 4.41. The fourth-order valence-corrected chi connectivity index (χ4v) is 5.11. The monoisotopic (exact) mass is 506 g/mol. The minimum absolute atomic E-state index is 0.0135. The molecule has 1 aromatic heterocycles. The van der Waals surface area contributed by atoms with Crippen LogP contribution in [0.4, 0.5) is 0 Å². The van der Waals surface area contributed by atoms with Crippen molar-refractivity contribution >= 4 is 39.1 Å². The molecule has 2 amide bonds. The van der Waals surface area contributed by atoms with Crippen LogP contribution in [-0.2, 0) is 4.79 Å². The summed E-state index contributed by atoms with van der Waals surface area (Å²) in [5.41, 5.74) is 1.67. The molecule has 2 saturated heterocycles. The molecule has 31 heavy (non-hydrogen) atoms. The van der Waals surface area contributed by atoms with Gasteiger partial charge in [-0.2, -0.15) is 0 Å². The summed E-state index contributed by atoms with van der Waals surface area (Å²) in [5.74, 6) is 0.851. The van der Waals surface area contributed by atoms with Crippen LogP contribution in [0.2, 0.25) is 0 Å². The van der Waals surface area contributed by atoms with Crippen molar-refractivity contribution in [2.45, 2.75) is 18.9 Å².